The lowest BCUT2D eigenvalue weighted by Crippen LogP contribution is -2.41. The van der Waals surface area contributed by atoms with Gasteiger partial charge in [0.15, 0.2) is 5.78 Å². The largest absolute Gasteiger partial charge is 0.497 e. The number of rotatable bonds is 5. The van der Waals surface area contributed by atoms with Gasteiger partial charge in [-0.3, -0.25) is 4.79 Å². The Hall–Kier alpha value is -2.03. The van der Waals surface area contributed by atoms with Crippen LogP contribution in [0.4, 0.5) is 0 Å². The first kappa shape index (κ1) is 17.3. The standard InChI is InChI=1S/C20H26O3/c1-13(2)17-9-7-14(3)19(21)20(17,4)12-15-11-16(22-5)8-10-18(15)23-6/h7-8,10-11,17H,1,9,12H2,2-6H3/t17-,20-/m0/s1. The van der Waals surface area contributed by atoms with Gasteiger partial charge in [0, 0.05) is 5.41 Å². The Balaban J connectivity index is 2.48. The van der Waals surface area contributed by atoms with Crippen LogP contribution >= 0.6 is 0 Å². The van der Waals surface area contributed by atoms with Crippen LogP contribution in [0.5, 0.6) is 11.5 Å². The molecule has 0 heterocycles. The zero-order chi connectivity index (χ0) is 17.2. The maximum atomic E-state index is 12.9. The van der Waals surface area contributed by atoms with Crippen LogP contribution in [0.2, 0.25) is 0 Å². The lowest BCUT2D eigenvalue weighted by Gasteiger charge is -2.40. The van der Waals surface area contributed by atoms with Gasteiger partial charge in [0.05, 0.1) is 14.2 Å². The number of methoxy groups -OCH3 is 2. The molecule has 3 heteroatoms. The minimum Gasteiger partial charge on any atom is -0.497 e. The van der Waals surface area contributed by atoms with Crippen molar-refractivity contribution in [3.63, 3.8) is 0 Å². The molecular formula is C20H26O3. The molecule has 23 heavy (non-hydrogen) atoms. The van der Waals surface area contributed by atoms with Crippen molar-refractivity contribution in [2.75, 3.05) is 14.2 Å². The number of benzene rings is 1. The van der Waals surface area contributed by atoms with Crippen molar-refractivity contribution in [3.05, 3.63) is 47.6 Å². The van der Waals surface area contributed by atoms with Crippen LogP contribution in [0.1, 0.15) is 32.8 Å². The monoisotopic (exact) mass is 314 g/mol. The number of ether oxygens (including phenoxy) is 2. The van der Waals surface area contributed by atoms with Crippen LogP contribution in [0, 0.1) is 11.3 Å². The Bertz CT molecular complexity index is 657. The number of carbonyl (C=O) groups excluding carboxylic acids is 1. The Kier molecular flexibility index (Phi) is 4.98. The normalized spacial score (nSPS) is 24.1. The van der Waals surface area contributed by atoms with E-state index >= 15 is 0 Å². The maximum Gasteiger partial charge on any atom is 0.165 e. The van der Waals surface area contributed by atoms with Gasteiger partial charge in [-0.15, -0.1) is 0 Å². The third kappa shape index (κ3) is 3.19. The van der Waals surface area contributed by atoms with Crippen LogP contribution < -0.4 is 9.47 Å². The number of allylic oxidation sites excluding steroid dienone is 3. The van der Waals surface area contributed by atoms with E-state index in [1.807, 2.05) is 45.0 Å². The predicted molar refractivity (Wildman–Crippen MR) is 93.0 cm³/mol. The van der Waals surface area contributed by atoms with Gasteiger partial charge in [-0.2, -0.15) is 0 Å². The number of hydrogen-bond acceptors (Lipinski definition) is 3. The van der Waals surface area contributed by atoms with Gasteiger partial charge in [-0.05, 0) is 61.9 Å². The van der Waals surface area contributed by atoms with E-state index in [0.29, 0.717) is 6.42 Å². The summed E-state index contributed by atoms with van der Waals surface area (Å²) in [4.78, 5) is 12.9. The Morgan fingerprint density at radius 2 is 2.04 bits per heavy atom. The molecule has 1 aliphatic rings. The summed E-state index contributed by atoms with van der Waals surface area (Å²) in [5.41, 5.74) is 2.37. The molecule has 0 bridgehead atoms. The lowest BCUT2D eigenvalue weighted by atomic mass is 9.62. The fraction of sp³-hybridized carbons (Fsp3) is 0.450. The first-order chi connectivity index (χ1) is 10.8. The van der Waals surface area contributed by atoms with E-state index in [-0.39, 0.29) is 11.7 Å². The molecule has 2 rings (SSSR count). The van der Waals surface area contributed by atoms with Gasteiger partial charge < -0.3 is 9.47 Å². The molecule has 1 aromatic carbocycles. The number of carbonyl (C=O) groups is 1. The summed E-state index contributed by atoms with van der Waals surface area (Å²) in [5.74, 6) is 1.88. The second-order valence-electron chi connectivity index (χ2n) is 6.62. The second-order valence-corrected chi connectivity index (χ2v) is 6.62. The fourth-order valence-corrected chi connectivity index (χ4v) is 3.62. The molecule has 0 unspecified atom stereocenters. The van der Waals surface area contributed by atoms with E-state index < -0.39 is 5.41 Å². The molecule has 0 N–H and O–H groups in total. The molecule has 0 saturated heterocycles. The van der Waals surface area contributed by atoms with Gasteiger partial charge in [0.25, 0.3) is 0 Å². The summed E-state index contributed by atoms with van der Waals surface area (Å²) in [6.45, 7) is 10.1. The first-order valence-electron chi connectivity index (χ1n) is 7.91. The average molecular weight is 314 g/mol. The third-order valence-electron chi connectivity index (χ3n) is 4.95. The molecule has 0 radical (unpaired) electrons. The van der Waals surface area contributed by atoms with E-state index in [9.17, 15) is 4.79 Å². The number of Topliss-reactive ketones (excluding diaryl/α,β-unsaturated/α-hetero) is 1. The number of ketones is 1. The highest BCUT2D eigenvalue weighted by molar-refractivity contribution is 6.00. The summed E-state index contributed by atoms with van der Waals surface area (Å²) < 4.78 is 10.8. The lowest BCUT2D eigenvalue weighted by molar-refractivity contribution is -0.126. The molecule has 0 fully saturated rings. The highest BCUT2D eigenvalue weighted by atomic mass is 16.5. The fourth-order valence-electron chi connectivity index (χ4n) is 3.62. The molecule has 0 saturated carbocycles. The molecule has 0 amide bonds. The summed E-state index contributed by atoms with van der Waals surface area (Å²) in [5, 5.41) is 0. The zero-order valence-electron chi connectivity index (χ0n) is 14.7. The molecule has 0 aromatic heterocycles. The summed E-state index contributed by atoms with van der Waals surface area (Å²) in [6, 6.07) is 5.72. The zero-order valence-corrected chi connectivity index (χ0v) is 14.7. The molecule has 1 aromatic rings. The van der Waals surface area contributed by atoms with E-state index in [1.165, 1.54) is 0 Å². The Morgan fingerprint density at radius 3 is 2.61 bits per heavy atom. The molecule has 124 valence electrons. The van der Waals surface area contributed by atoms with Crippen molar-refractivity contribution in [2.45, 2.75) is 33.6 Å². The van der Waals surface area contributed by atoms with Crippen molar-refractivity contribution in [1.82, 2.24) is 0 Å². The molecule has 2 atom stereocenters. The van der Waals surface area contributed by atoms with E-state index in [2.05, 4.69) is 6.58 Å². The SMILES string of the molecule is C=C(C)[C@@H]1CC=C(C)C(=O)[C@@]1(C)Cc1cc(OC)ccc1OC. The highest BCUT2D eigenvalue weighted by Gasteiger charge is 2.44. The van der Waals surface area contributed by atoms with Gasteiger partial charge >= 0.3 is 0 Å². The summed E-state index contributed by atoms with van der Waals surface area (Å²) >= 11 is 0. The molecule has 1 aliphatic carbocycles. The van der Waals surface area contributed by atoms with Crippen molar-refractivity contribution < 1.29 is 14.3 Å². The van der Waals surface area contributed by atoms with Crippen LogP contribution in [0.25, 0.3) is 0 Å². The van der Waals surface area contributed by atoms with Crippen molar-refractivity contribution in [3.8, 4) is 11.5 Å². The van der Waals surface area contributed by atoms with Crippen molar-refractivity contribution >= 4 is 5.78 Å². The van der Waals surface area contributed by atoms with E-state index in [1.54, 1.807) is 14.2 Å². The van der Waals surface area contributed by atoms with Crippen LogP contribution in [-0.2, 0) is 11.2 Å². The molecule has 0 spiro atoms. The maximum absolute atomic E-state index is 12.9. The van der Waals surface area contributed by atoms with Crippen LogP contribution in [0.3, 0.4) is 0 Å². The van der Waals surface area contributed by atoms with Gasteiger partial charge in [-0.1, -0.05) is 25.2 Å². The smallest absolute Gasteiger partial charge is 0.165 e. The quantitative estimate of drug-likeness (QED) is 0.757. The van der Waals surface area contributed by atoms with Crippen molar-refractivity contribution in [2.24, 2.45) is 11.3 Å². The van der Waals surface area contributed by atoms with E-state index in [0.717, 1.165) is 34.6 Å². The molecule has 0 aliphatic heterocycles. The minimum atomic E-state index is -0.510. The summed E-state index contributed by atoms with van der Waals surface area (Å²) in [7, 11) is 3.29. The second kappa shape index (κ2) is 6.61. The predicted octanol–water partition coefficient (Wildman–Crippen LogP) is 4.36. The van der Waals surface area contributed by atoms with Crippen molar-refractivity contribution in [1.29, 1.82) is 0 Å². The van der Waals surface area contributed by atoms with Crippen LogP contribution in [0.15, 0.2) is 42.0 Å². The highest BCUT2D eigenvalue weighted by Crippen LogP contribution is 2.45. The van der Waals surface area contributed by atoms with Crippen LogP contribution in [-0.4, -0.2) is 20.0 Å². The average Bonchev–Trinajstić information content (AvgIpc) is 2.52. The molecular weight excluding hydrogens is 288 g/mol. The van der Waals surface area contributed by atoms with Gasteiger partial charge in [0.2, 0.25) is 0 Å². The topological polar surface area (TPSA) is 35.5 Å². The van der Waals surface area contributed by atoms with Gasteiger partial charge in [-0.25, -0.2) is 0 Å². The molecule has 3 nitrogen and oxygen atoms in total. The Morgan fingerprint density at radius 1 is 1.35 bits per heavy atom. The van der Waals surface area contributed by atoms with E-state index in [4.69, 9.17) is 9.47 Å². The first-order valence-corrected chi connectivity index (χ1v) is 7.91. The minimum absolute atomic E-state index is 0.134. The third-order valence-corrected chi connectivity index (χ3v) is 4.95. The summed E-state index contributed by atoms with van der Waals surface area (Å²) in [6.07, 6.45) is 3.50. The number of hydrogen-bond donors (Lipinski definition) is 0. The van der Waals surface area contributed by atoms with Gasteiger partial charge in [0.1, 0.15) is 11.5 Å². The Labute approximate surface area is 139 Å².